The predicted molar refractivity (Wildman–Crippen MR) is 115 cm³/mol. The van der Waals surface area contributed by atoms with E-state index in [9.17, 15) is 4.79 Å². The van der Waals surface area contributed by atoms with Gasteiger partial charge >= 0.3 is 0 Å². The maximum atomic E-state index is 12.4. The number of hydrogen-bond donors (Lipinski definition) is 2. The van der Waals surface area contributed by atoms with Crippen molar-refractivity contribution in [1.82, 2.24) is 9.97 Å². The van der Waals surface area contributed by atoms with Crippen molar-refractivity contribution in [3.05, 3.63) is 75.8 Å². The smallest absolute Gasteiger partial charge is 0.258 e. The topological polar surface area (TPSA) is 62.4 Å². The van der Waals surface area contributed by atoms with Crippen LogP contribution in [0.4, 0.5) is 0 Å². The van der Waals surface area contributed by atoms with Gasteiger partial charge in [-0.25, -0.2) is 4.98 Å². The normalized spacial score (nSPS) is 14.4. The molecule has 4 heteroatoms. The highest BCUT2D eigenvalue weighted by molar-refractivity contribution is 5.77. The minimum atomic E-state index is -0.0727. The Morgan fingerprint density at radius 3 is 2.21 bits per heavy atom. The van der Waals surface area contributed by atoms with Gasteiger partial charge in [0, 0.05) is 11.5 Å². The van der Waals surface area contributed by atoms with E-state index in [0.29, 0.717) is 17.3 Å². The Kier molecular flexibility index (Phi) is 5.71. The molecule has 0 spiro atoms. The number of aromatic nitrogens is 2. The van der Waals surface area contributed by atoms with Crippen molar-refractivity contribution in [3.63, 3.8) is 0 Å². The van der Waals surface area contributed by atoms with Gasteiger partial charge in [0.1, 0.15) is 12.1 Å². The van der Waals surface area contributed by atoms with Crippen LogP contribution in [0.15, 0.2) is 53.3 Å². The highest BCUT2D eigenvalue weighted by atomic mass is 16.1. The summed E-state index contributed by atoms with van der Waals surface area (Å²) in [4.78, 5) is 20.1. The highest BCUT2D eigenvalue weighted by Gasteiger charge is 2.25. The fourth-order valence-electron chi connectivity index (χ4n) is 3.65. The Balaban J connectivity index is 1.87. The Labute approximate surface area is 167 Å². The minimum Gasteiger partial charge on any atom is -0.331 e. The summed E-state index contributed by atoms with van der Waals surface area (Å²) in [6.07, 6.45) is 0. The summed E-state index contributed by atoms with van der Waals surface area (Å²) in [5, 5.41) is 2.95. The molecule has 0 aliphatic carbocycles. The van der Waals surface area contributed by atoms with Crippen molar-refractivity contribution in [2.45, 2.75) is 59.0 Å². The number of rotatable bonds is 5. The zero-order valence-corrected chi connectivity index (χ0v) is 17.8. The number of fused-ring (bicyclic) bond motifs is 1. The summed E-state index contributed by atoms with van der Waals surface area (Å²) in [6.45, 7) is 13.3. The van der Waals surface area contributed by atoms with Crippen LogP contribution in [-0.4, -0.2) is 9.97 Å². The third-order valence-electron chi connectivity index (χ3n) is 5.44. The van der Waals surface area contributed by atoms with E-state index >= 15 is 0 Å². The van der Waals surface area contributed by atoms with E-state index in [1.807, 2.05) is 24.3 Å². The van der Waals surface area contributed by atoms with Crippen LogP contribution in [0, 0.1) is 5.92 Å². The second kappa shape index (κ2) is 7.88. The van der Waals surface area contributed by atoms with Crippen LogP contribution in [-0.2, 0) is 5.41 Å². The van der Waals surface area contributed by atoms with Gasteiger partial charge in [0.05, 0.1) is 10.9 Å². The Morgan fingerprint density at radius 1 is 0.964 bits per heavy atom. The van der Waals surface area contributed by atoms with Crippen molar-refractivity contribution in [2.75, 3.05) is 0 Å². The number of hydrogen-bond acceptors (Lipinski definition) is 2. The fraction of sp³-hybridized carbons (Fsp3) is 0.417. The zero-order valence-electron chi connectivity index (χ0n) is 17.8. The first-order valence-electron chi connectivity index (χ1n) is 10.1. The summed E-state index contributed by atoms with van der Waals surface area (Å²) >= 11 is 0. The molecule has 148 valence electrons. The minimum absolute atomic E-state index is 0.0481. The second-order valence-corrected chi connectivity index (χ2v) is 9.09. The largest absolute Gasteiger partial charge is 0.331 e. The van der Waals surface area contributed by atoms with E-state index in [4.69, 9.17) is 4.98 Å². The molecule has 28 heavy (non-hydrogen) atoms. The fourth-order valence-corrected chi connectivity index (χ4v) is 3.65. The number of quaternary nitrogens is 1. The van der Waals surface area contributed by atoms with Crippen LogP contribution < -0.4 is 10.9 Å². The first-order valence-corrected chi connectivity index (χ1v) is 10.1. The molecular formula is C24H32N3O+. The van der Waals surface area contributed by atoms with Gasteiger partial charge in [-0.2, -0.15) is 0 Å². The number of nitrogens with two attached hydrogens (primary N) is 1. The Bertz CT molecular complexity index is 997. The lowest BCUT2D eigenvalue weighted by Crippen LogP contribution is -2.87. The maximum Gasteiger partial charge on any atom is 0.258 e. The molecule has 3 N–H and O–H groups in total. The van der Waals surface area contributed by atoms with Gasteiger partial charge in [-0.15, -0.1) is 0 Å². The van der Waals surface area contributed by atoms with Gasteiger partial charge in [0.2, 0.25) is 0 Å². The molecule has 1 heterocycles. The molecule has 0 bridgehead atoms. The van der Waals surface area contributed by atoms with E-state index in [1.54, 1.807) is 0 Å². The van der Waals surface area contributed by atoms with Crippen molar-refractivity contribution >= 4 is 10.9 Å². The van der Waals surface area contributed by atoms with Crippen LogP contribution in [0.25, 0.3) is 10.9 Å². The standard InChI is InChI=1S/C24H31N3O/c1-15(2)21(17-11-13-18(14-12-17)24(4,5)6)25-16(3)22-26-20-10-8-7-9-19(20)23(28)27-22/h7-16,21,25H,1-6H3,(H,26,27,28)/p+1/t16-,21+/m0/s1. The lowest BCUT2D eigenvalue weighted by Gasteiger charge is -2.25. The number of benzene rings is 2. The average molecular weight is 379 g/mol. The maximum absolute atomic E-state index is 12.4. The van der Waals surface area contributed by atoms with Crippen molar-refractivity contribution in [2.24, 2.45) is 5.92 Å². The third kappa shape index (κ3) is 4.33. The molecule has 0 unspecified atom stereocenters. The number of para-hydroxylation sites is 1. The lowest BCUT2D eigenvalue weighted by atomic mass is 9.85. The van der Waals surface area contributed by atoms with Gasteiger partial charge in [-0.3, -0.25) is 4.79 Å². The number of aromatic amines is 1. The van der Waals surface area contributed by atoms with Gasteiger partial charge < -0.3 is 10.3 Å². The monoisotopic (exact) mass is 378 g/mol. The molecular weight excluding hydrogens is 346 g/mol. The molecule has 4 nitrogen and oxygen atoms in total. The summed E-state index contributed by atoms with van der Waals surface area (Å²) in [7, 11) is 0. The average Bonchev–Trinajstić information content (AvgIpc) is 2.65. The van der Waals surface area contributed by atoms with Crippen LogP contribution in [0.3, 0.4) is 0 Å². The van der Waals surface area contributed by atoms with Gasteiger partial charge in [-0.1, -0.05) is 71.0 Å². The quantitative estimate of drug-likeness (QED) is 0.697. The summed E-state index contributed by atoms with van der Waals surface area (Å²) in [5.41, 5.74) is 3.47. The van der Waals surface area contributed by atoms with Crippen molar-refractivity contribution < 1.29 is 5.32 Å². The number of nitrogens with zero attached hydrogens (tertiary/aromatic N) is 1. The van der Waals surface area contributed by atoms with Gasteiger partial charge in [0.25, 0.3) is 5.56 Å². The number of nitrogens with one attached hydrogen (secondary N) is 1. The Morgan fingerprint density at radius 2 is 1.61 bits per heavy atom. The van der Waals surface area contributed by atoms with Crippen LogP contribution in [0.5, 0.6) is 0 Å². The predicted octanol–water partition coefficient (Wildman–Crippen LogP) is 4.24. The van der Waals surface area contributed by atoms with E-state index in [2.05, 4.69) is 76.1 Å². The Hall–Kier alpha value is -2.46. The molecule has 0 amide bonds. The van der Waals surface area contributed by atoms with Gasteiger partial charge in [-0.05, 0) is 30.0 Å². The molecule has 0 saturated heterocycles. The van der Waals surface area contributed by atoms with Crippen molar-refractivity contribution in [1.29, 1.82) is 0 Å². The van der Waals surface area contributed by atoms with E-state index < -0.39 is 0 Å². The van der Waals surface area contributed by atoms with E-state index in [1.165, 1.54) is 11.1 Å². The first kappa shape index (κ1) is 20.3. The summed E-state index contributed by atoms with van der Waals surface area (Å²) < 4.78 is 0. The van der Waals surface area contributed by atoms with E-state index in [0.717, 1.165) is 11.3 Å². The molecule has 1 aromatic heterocycles. The van der Waals surface area contributed by atoms with Gasteiger partial charge in [0.15, 0.2) is 5.82 Å². The molecule has 3 rings (SSSR count). The second-order valence-electron chi connectivity index (χ2n) is 9.09. The number of H-pyrrole nitrogens is 1. The summed E-state index contributed by atoms with van der Waals surface area (Å²) in [6, 6.07) is 16.8. The third-order valence-corrected chi connectivity index (χ3v) is 5.44. The lowest BCUT2D eigenvalue weighted by molar-refractivity contribution is -0.738. The molecule has 0 aliphatic heterocycles. The SMILES string of the molecule is CC(C)[C@@H]([NH2+][C@@H](C)c1nc2ccccc2c(=O)[nH]1)c1ccc(C(C)(C)C)cc1. The summed E-state index contributed by atoms with van der Waals surface area (Å²) in [5.74, 6) is 1.18. The molecule has 0 radical (unpaired) electrons. The van der Waals surface area contributed by atoms with Crippen LogP contribution in [0.2, 0.25) is 0 Å². The molecule has 3 aromatic rings. The van der Waals surface area contributed by atoms with Crippen LogP contribution >= 0.6 is 0 Å². The van der Waals surface area contributed by atoms with Crippen molar-refractivity contribution in [3.8, 4) is 0 Å². The molecule has 2 atom stereocenters. The van der Waals surface area contributed by atoms with Crippen LogP contribution in [0.1, 0.15) is 70.6 Å². The zero-order chi connectivity index (χ0) is 20.5. The molecule has 0 aliphatic rings. The highest BCUT2D eigenvalue weighted by Crippen LogP contribution is 2.25. The molecule has 0 fully saturated rings. The first-order chi connectivity index (χ1) is 13.2. The molecule has 0 saturated carbocycles. The molecule has 2 aromatic carbocycles. The van der Waals surface area contributed by atoms with E-state index in [-0.39, 0.29) is 17.0 Å².